The number of aromatic hydroxyl groups is 1. The van der Waals surface area contributed by atoms with Crippen molar-refractivity contribution in [2.45, 2.75) is 0 Å². The summed E-state index contributed by atoms with van der Waals surface area (Å²) in [6.45, 7) is 0. The molecule has 0 amide bonds. The van der Waals surface area contributed by atoms with Crippen LogP contribution in [0.5, 0.6) is 11.5 Å². The lowest BCUT2D eigenvalue weighted by Gasteiger charge is -2.04. The minimum atomic E-state index is -0.598. The van der Waals surface area contributed by atoms with Gasteiger partial charge in [-0.3, -0.25) is 10.1 Å². The molecule has 5 nitrogen and oxygen atoms in total. The maximum absolute atomic E-state index is 10.0. The van der Waals surface area contributed by atoms with E-state index in [1.807, 2.05) is 0 Å². The van der Waals surface area contributed by atoms with E-state index >= 15 is 0 Å². The van der Waals surface area contributed by atoms with Crippen LogP contribution in [0, 0.1) is 10.1 Å². The van der Waals surface area contributed by atoms with Gasteiger partial charge in [0.1, 0.15) is 0 Å². The normalized spacial score (nSPS) is 10.4. The van der Waals surface area contributed by atoms with Gasteiger partial charge in [-0.05, 0) is 6.07 Å². The van der Waals surface area contributed by atoms with E-state index in [4.69, 9.17) is 4.74 Å². The zero-order valence-electron chi connectivity index (χ0n) is 7.51. The maximum Gasteiger partial charge on any atom is 0.235 e. The van der Waals surface area contributed by atoms with Crippen LogP contribution in [0.25, 0.3) is 6.08 Å². The molecule has 0 aliphatic heterocycles. The van der Waals surface area contributed by atoms with E-state index in [0.717, 1.165) is 6.20 Å². The average Bonchev–Trinajstić information content (AvgIpc) is 2.16. The molecule has 74 valence electrons. The molecule has 0 fully saturated rings. The van der Waals surface area contributed by atoms with Gasteiger partial charge in [0.25, 0.3) is 0 Å². The monoisotopic (exact) mass is 195 g/mol. The second-order valence-electron chi connectivity index (χ2n) is 2.50. The molecule has 0 radical (unpaired) electrons. The first-order chi connectivity index (χ1) is 6.65. The van der Waals surface area contributed by atoms with E-state index in [1.54, 1.807) is 18.2 Å². The number of nitro groups is 1. The van der Waals surface area contributed by atoms with Crippen LogP contribution >= 0.6 is 0 Å². The predicted molar refractivity (Wildman–Crippen MR) is 50.7 cm³/mol. The average molecular weight is 195 g/mol. The van der Waals surface area contributed by atoms with E-state index in [-0.39, 0.29) is 11.5 Å². The molecule has 0 bridgehead atoms. The molecule has 5 heteroatoms. The molecular weight excluding hydrogens is 186 g/mol. The first kappa shape index (κ1) is 10.0. The van der Waals surface area contributed by atoms with Crippen LogP contribution in [-0.4, -0.2) is 17.1 Å². The number of phenols is 1. The van der Waals surface area contributed by atoms with Gasteiger partial charge in [-0.2, -0.15) is 0 Å². The molecule has 0 aliphatic rings. The molecule has 1 N–H and O–H groups in total. The molecular formula is C9H9NO4. The third-order valence-corrected chi connectivity index (χ3v) is 1.63. The number of methoxy groups -OCH3 is 1. The molecule has 14 heavy (non-hydrogen) atoms. The first-order valence-electron chi connectivity index (χ1n) is 3.83. The molecule has 0 unspecified atom stereocenters. The summed E-state index contributed by atoms with van der Waals surface area (Å²) < 4.78 is 4.84. The van der Waals surface area contributed by atoms with Crippen LogP contribution in [0.2, 0.25) is 0 Å². The predicted octanol–water partition coefficient (Wildman–Crippen LogP) is 1.65. The first-order valence-corrected chi connectivity index (χ1v) is 3.83. The van der Waals surface area contributed by atoms with Gasteiger partial charge < -0.3 is 9.84 Å². The Labute approximate surface area is 80.4 Å². The van der Waals surface area contributed by atoms with Crippen molar-refractivity contribution in [1.29, 1.82) is 0 Å². The Morgan fingerprint density at radius 3 is 2.86 bits per heavy atom. The van der Waals surface area contributed by atoms with Crippen molar-refractivity contribution < 1.29 is 14.8 Å². The molecule has 0 saturated carbocycles. The van der Waals surface area contributed by atoms with E-state index in [0.29, 0.717) is 5.56 Å². The summed E-state index contributed by atoms with van der Waals surface area (Å²) in [5.74, 6) is 0.184. The number of benzene rings is 1. The third-order valence-electron chi connectivity index (χ3n) is 1.63. The molecule has 0 saturated heterocycles. The van der Waals surface area contributed by atoms with Crippen molar-refractivity contribution in [3.05, 3.63) is 40.1 Å². The second-order valence-corrected chi connectivity index (χ2v) is 2.50. The van der Waals surface area contributed by atoms with Crippen molar-refractivity contribution in [2.75, 3.05) is 7.11 Å². The molecule has 0 spiro atoms. The Balaban J connectivity index is 3.03. The number of hydrogen-bond donors (Lipinski definition) is 1. The molecule has 1 aromatic rings. The molecule has 0 aromatic heterocycles. The highest BCUT2D eigenvalue weighted by Gasteiger charge is 2.04. The summed E-state index contributed by atoms with van der Waals surface area (Å²) >= 11 is 0. The van der Waals surface area contributed by atoms with Crippen LogP contribution in [-0.2, 0) is 0 Å². The van der Waals surface area contributed by atoms with E-state index in [1.165, 1.54) is 13.2 Å². The molecule has 0 aliphatic carbocycles. The van der Waals surface area contributed by atoms with Gasteiger partial charge in [0.15, 0.2) is 11.5 Å². The standard InChI is InChI=1S/C9H9NO4/c1-14-8-4-2-3-7(9(8)11)5-6-10(12)13/h2-6,11H,1H3/b6-5-. The fraction of sp³-hybridized carbons (Fsp3) is 0.111. The Kier molecular flexibility index (Phi) is 3.06. The van der Waals surface area contributed by atoms with Gasteiger partial charge in [-0.25, -0.2) is 0 Å². The minimum Gasteiger partial charge on any atom is -0.504 e. The molecule has 0 atom stereocenters. The van der Waals surface area contributed by atoms with E-state index in [9.17, 15) is 15.2 Å². The summed E-state index contributed by atoms with van der Waals surface area (Å²) in [6.07, 6.45) is 1.96. The summed E-state index contributed by atoms with van der Waals surface area (Å²) in [6, 6.07) is 4.76. The Morgan fingerprint density at radius 1 is 1.57 bits per heavy atom. The Hall–Kier alpha value is -2.04. The highest BCUT2D eigenvalue weighted by Crippen LogP contribution is 2.29. The van der Waals surface area contributed by atoms with Crippen molar-refractivity contribution >= 4 is 6.08 Å². The lowest BCUT2D eigenvalue weighted by atomic mass is 10.2. The Bertz CT molecular complexity index is 373. The van der Waals surface area contributed by atoms with Crippen LogP contribution < -0.4 is 4.74 Å². The number of nitrogens with zero attached hydrogens (tertiary/aromatic N) is 1. The number of phenolic OH excluding ortho intramolecular Hbond substituents is 1. The fourth-order valence-electron chi connectivity index (χ4n) is 0.980. The van der Waals surface area contributed by atoms with Crippen molar-refractivity contribution in [2.24, 2.45) is 0 Å². The molecule has 1 rings (SSSR count). The van der Waals surface area contributed by atoms with Gasteiger partial charge in [0.05, 0.1) is 12.0 Å². The van der Waals surface area contributed by atoms with Gasteiger partial charge in [-0.1, -0.05) is 12.1 Å². The molecule has 1 aromatic carbocycles. The number of rotatable bonds is 3. The Morgan fingerprint density at radius 2 is 2.29 bits per heavy atom. The topological polar surface area (TPSA) is 72.6 Å². The summed E-state index contributed by atoms with van der Waals surface area (Å²) in [7, 11) is 1.41. The van der Waals surface area contributed by atoms with Crippen LogP contribution in [0.4, 0.5) is 0 Å². The maximum atomic E-state index is 10.0. The van der Waals surface area contributed by atoms with Gasteiger partial charge >= 0.3 is 0 Å². The quantitative estimate of drug-likeness (QED) is 0.587. The SMILES string of the molecule is COc1cccc(/C=C\[N+](=O)[O-])c1O. The third kappa shape index (κ3) is 2.22. The van der Waals surface area contributed by atoms with Gasteiger partial charge in [-0.15, -0.1) is 0 Å². The highest BCUT2D eigenvalue weighted by atomic mass is 16.6. The zero-order valence-corrected chi connectivity index (χ0v) is 7.51. The smallest absolute Gasteiger partial charge is 0.235 e. The largest absolute Gasteiger partial charge is 0.504 e. The summed E-state index contributed by atoms with van der Waals surface area (Å²) in [5.41, 5.74) is 0.348. The highest BCUT2D eigenvalue weighted by molar-refractivity contribution is 5.60. The van der Waals surface area contributed by atoms with E-state index in [2.05, 4.69) is 0 Å². The summed E-state index contributed by atoms with van der Waals surface area (Å²) in [4.78, 5) is 9.45. The summed E-state index contributed by atoms with van der Waals surface area (Å²) in [5, 5.41) is 19.5. The van der Waals surface area contributed by atoms with Crippen molar-refractivity contribution in [3.63, 3.8) is 0 Å². The van der Waals surface area contributed by atoms with Gasteiger partial charge in [0.2, 0.25) is 6.20 Å². The molecule has 0 heterocycles. The van der Waals surface area contributed by atoms with Crippen LogP contribution in [0.15, 0.2) is 24.4 Å². The number of para-hydroxylation sites is 1. The minimum absolute atomic E-state index is 0.104. The zero-order chi connectivity index (χ0) is 10.6. The van der Waals surface area contributed by atoms with Crippen molar-refractivity contribution in [1.82, 2.24) is 0 Å². The lowest BCUT2D eigenvalue weighted by molar-refractivity contribution is -0.400. The lowest BCUT2D eigenvalue weighted by Crippen LogP contribution is -1.86. The van der Waals surface area contributed by atoms with Gasteiger partial charge in [0, 0.05) is 11.6 Å². The number of ether oxygens (including phenoxy) is 1. The second kappa shape index (κ2) is 4.27. The number of hydrogen-bond acceptors (Lipinski definition) is 4. The van der Waals surface area contributed by atoms with E-state index < -0.39 is 4.92 Å². The van der Waals surface area contributed by atoms with Crippen LogP contribution in [0.3, 0.4) is 0 Å². The van der Waals surface area contributed by atoms with Crippen molar-refractivity contribution in [3.8, 4) is 11.5 Å². The van der Waals surface area contributed by atoms with Crippen LogP contribution in [0.1, 0.15) is 5.56 Å². The fourth-order valence-corrected chi connectivity index (χ4v) is 0.980.